The van der Waals surface area contributed by atoms with Crippen molar-refractivity contribution in [2.45, 2.75) is 0 Å². The molecule has 0 radical (unpaired) electrons. The van der Waals surface area contributed by atoms with E-state index in [4.69, 9.17) is 0 Å². The van der Waals surface area contributed by atoms with Crippen molar-refractivity contribution in [1.29, 1.82) is 0 Å². The molecule has 1 heteroatoms. The number of hydrogen-bond donors (Lipinski definition) is 0. The molecule has 0 unspecified atom stereocenters. The van der Waals surface area contributed by atoms with Gasteiger partial charge >= 0.3 is 0 Å². The monoisotopic (exact) mass is 801 g/mol. The van der Waals surface area contributed by atoms with Gasteiger partial charge in [0.25, 0.3) is 0 Å². The molecule has 0 N–H and O–H groups in total. The second-order valence-electron chi connectivity index (χ2n) is 16.0. The topological polar surface area (TPSA) is 3.24 Å². The minimum Gasteiger partial charge on any atom is -0.310 e. The minimum absolute atomic E-state index is 1.08. The zero-order valence-corrected chi connectivity index (χ0v) is 34.8. The molecule has 0 atom stereocenters. The van der Waals surface area contributed by atoms with Gasteiger partial charge in [0.2, 0.25) is 0 Å². The van der Waals surface area contributed by atoms with Crippen molar-refractivity contribution in [2.75, 3.05) is 4.90 Å². The van der Waals surface area contributed by atoms with Crippen LogP contribution in [0, 0.1) is 0 Å². The van der Waals surface area contributed by atoms with Crippen molar-refractivity contribution in [2.24, 2.45) is 0 Å². The van der Waals surface area contributed by atoms with Gasteiger partial charge in [-0.1, -0.05) is 224 Å². The SMILES string of the molecule is c1ccc(-c2cccc(N(c3ccc(-c4cccc5c4c(-c4ccccc4)c(-c4ccccc4)c4ccccc45)cc3)c3ccc(-c4ccccc4)cc3-c3ccccc3)c2)cc1. The van der Waals surface area contributed by atoms with Crippen LogP contribution in [0.2, 0.25) is 0 Å². The minimum atomic E-state index is 1.08. The van der Waals surface area contributed by atoms with Crippen molar-refractivity contribution in [3.8, 4) is 66.8 Å². The van der Waals surface area contributed by atoms with Crippen molar-refractivity contribution >= 4 is 38.6 Å². The fraction of sp³-hybridized carbons (Fsp3) is 0. The van der Waals surface area contributed by atoms with E-state index in [1.807, 2.05) is 0 Å². The molecule has 0 aliphatic carbocycles. The summed E-state index contributed by atoms with van der Waals surface area (Å²) in [7, 11) is 0. The fourth-order valence-corrected chi connectivity index (χ4v) is 9.34. The average molecular weight is 802 g/mol. The molecule has 1 nitrogen and oxygen atoms in total. The summed E-state index contributed by atoms with van der Waals surface area (Å²) in [6.07, 6.45) is 0. The Bertz CT molecular complexity index is 3340. The van der Waals surface area contributed by atoms with E-state index in [-0.39, 0.29) is 0 Å². The lowest BCUT2D eigenvalue weighted by Crippen LogP contribution is -2.11. The Labute approximate surface area is 369 Å². The van der Waals surface area contributed by atoms with E-state index >= 15 is 0 Å². The Morgan fingerprint density at radius 1 is 0.222 bits per heavy atom. The molecule has 296 valence electrons. The molecule has 0 aliphatic rings. The van der Waals surface area contributed by atoms with Gasteiger partial charge in [0.15, 0.2) is 0 Å². The molecular formula is C62H43N. The maximum Gasteiger partial charge on any atom is 0.0540 e. The van der Waals surface area contributed by atoms with E-state index in [0.29, 0.717) is 0 Å². The Balaban J connectivity index is 1.13. The second-order valence-corrected chi connectivity index (χ2v) is 16.0. The highest BCUT2D eigenvalue weighted by Gasteiger charge is 2.22. The first-order chi connectivity index (χ1) is 31.3. The number of fused-ring (bicyclic) bond motifs is 3. The first kappa shape index (κ1) is 37.7. The van der Waals surface area contributed by atoms with E-state index in [1.165, 1.54) is 71.6 Å². The lowest BCUT2D eigenvalue weighted by molar-refractivity contribution is 1.28. The molecule has 11 aromatic carbocycles. The molecular weight excluding hydrogens is 759 g/mol. The maximum atomic E-state index is 2.42. The first-order valence-corrected chi connectivity index (χ1v) is 21.7. The van der Waals surface area contributed by atoms with Crippen LogP contribution in [0.5, 0.6) is 0 Å². The van der Waals surface area contributed by atoms with Crippen LogP contribution in [0.3, 0.4) is 0 Å². The number of anilines is 3. The number of benzene rings is 11. The predicted molar refractivity (Wildman–Crippen MR) is 269 cm³/mol. The highest BCUT2D eigenvalue weighted by atomic mass is 15.1. The highest BCUT2D eigenvalue weighted by molar-refractivity contribution is 6.25. The lowest BCUT2D eigenvalue weighted by atomic mass is 9.82. The Hall–Kier alpha value is -8.26. The zero-order chi connectivity index (χ0) is 42.0. The molecule has 63 heavy (non-hydrogen) atoms. The second kappa shape index (κ2) is 16.7. The quantitative estimate of drug-likeness (QED) is 0.131. The molecule has 0 heterocycles. The van der Waals surface area contributed by atoms with Crippen molar-refractivity contribution < 1.29 is 0 Å². The Kier molecular flexibility index (Phi) is 9.97. The summed E-state index contributed by atoms with van der Waals surface area (Å²) in [4.78, 5) is 2.42. The summed E-state index contributed by atoms with van der Waals surface area (Å²) >= 11 is 0. The smallest absolute Gasteiger partial charge is 0.0540 e. The molecule has 0 aliphatic heterocycles. The van der Waals surface area contributed by atoms with E-state index < -0.39 is 0 Å². The zero-order valence-electron chi connectivity index (χ0n) is 34.8. The van der Waals surface area contributed by atoms with Crippen LogP contribution in [-0.2, 0) is 0 Å². The fourth-order valence-electron chi connectivity index (χ4n) is 9.34. The summed E-state index contributed by atoms with van der Waals surface area (Å²) in [6, 6.07) is 94.6. The third-order valence-corrected chi connectivity index (χ3v) is 12.3. The first-order valence-electron chi connectivity index (χ1n) is 21.7. The number of hydrogen-bond acceptors (Lipinski definition) is 1. The van der Waals surface area contributed by atoms with Crippen molar-refractivity contribution in [3.05, 3.63) is 261 Å². The summed E-state index contributed by atoms with van der Waals surface area (Å²) in [5.74, 6) is 0. The van der Waals surface area contributed by atoms with Crippen molar-refractivity contribution in [3.63, 3.8) is 0 Å². The molecule has 0 fully saturated rings. The lowest BCUT2D eigenvalue weighted by Gasteiger charge is -2.29. The standard InChI is InChI=1S/C62H43N/c1-6-20-44(21-7-1)50-30-18-31-53(42-50)63(59-41-38-51(45-22-8-2-9-23-45)43-58(59)46-24-10-3-11-25-46)52-39-36-47(37-40-52)54-34-19-35-57-55-32-16-17-33-56(55)60(48-26-12-4-13-27-48)61(62(54)57)49-28-14-5-15-29-49/h1-43H. The highest BCUT2D eigenvalue weighted by Crippen LogP contribution is 2.49. The van der Waals surface area contributed by atoms with Gasteiger partial charge < -0.3 is 4.90 Å². The van der Waals surface area contributed by atoms with Gasteiger partial charge in [-0.25, -0.2) is 0 Å². The van der Waals surface area contributed by atoms with E-state index in [1.54, 1.807) is 0 Å². The molecule has 0 amide bonds. The Morgan fingerprint density at radius 2 is 0.667 bits per heavy atom. The number of rotatable bonds is 9. The Morgan fingerprint density at radius 3 is 1.29 bits per heavy atom. The molecule has 11 rings (SSSR count). The summed E-state index contributed by atoms with van der Waals surface area (Å²) < 4.78 is 0. The maximum absolute atomic E-state index is 2.42. The predicted octanol–water partition coefficient (Wildman–Crippen LogP) is 17.5. The molecule has 0 bridgehead atoms. The summed E-state index contributed by atoms with van der Waals surface area (Å²) in [6.45, 7) is 0. The van der Waals surface area contributed by atoms with Gasteiger partial charge in [0, 0.05) is 16.9 Å². The average Bonchev–Trinajstić information content (AvgIpc) is 3.37. The van der Waals surface area contributed by atoms with Gasteiger partial charge in [-0.2, -0.15) is 0 Å². The summed E-state index contributed by atoms with van der Waals surface area (Å²) in [5.41, 5.74) is 17.6. The molecule has 0 aromatic heterocycles. The number of nitrogens with zero attached hydrogens (tertiary/aromatic N) is 1. The van der Waals surface area contributed by atoms with Crippen LogP contribution in [0.1, 0.15) is 0 Å². The van der Waals surface area contributed by atoms with E-state index in [2.05, 4.69) is 266 Å². The van der Waals surface area contributed by atoms with E-state index in [9.17, 15) is 0 Å². The van der Waals surface area contributed by atoms with Crippen LogP contribution in [0.4, 0.5) is 17.1 Å². The van der Waals surface area contributed by atoms with Crippen molar-refractivity contribution in [1.82, 2.24) is 0 Å². The van der Waals surface area contributed by atoms with E-state index in [0.717, 1.165) is 33.8 Å². The van der Waals surface area contributed by atoms with Crippen LogP contribution in [0.25, 0.3) is 88.3 Å². The van der Waals surface area contributed by atoms with Crippen LogP contribution >= 0.6 is 0 Å². The third kappa shape index (κ3) is 7.16. The van der Waals surface area contributed by atoms with Gasteiger partial charge in [0.1, 0.15) is 0 Å². The van der Waals surface area contributed by atoms with Crippen LogP contribution in [-0.4, -0.2) is 0 Å². The normalized spacial score (nSPS) is 11.2. The largest absolute Gasteiger partial charge is 0.310 e. The van der Waals surface area contributed by atoms with Gasteiger partial charge in [-0.3, -0.25) is 0 Å². The van der Waals surface area contributed by atoms with Crippen LogP contribution < -0.4 is 4.90 Å². The van der Waals surface area contributed by atoms with Crippen LogP contribution in [0.15, 0.2) is 261 Å². The molecule has 0 saturated heterocycles. The summed E-state index contributed by atoms with van der Waals surface area (Å²) in [5, 5.41) is 5.00. The third-order valence-electron chi connectivity index (χ3n) is 12.3. The molecule has 0 spiro atoms. The van der Waals surface area contributed by atoms with Gasteiger partial charge in [-0.05, 0) is 119 Å². The molecule has 11 aromatic rings. The van der Waals surface area contributed by atoms with Gasteiger partial charge in [-0.15, -0.1) is 0 Å². The van der Waals surface area contributed by atoms with Gasteiger partial charge in [0.05, 0.1) is 5.69 Å². The molecule has 0 saturated carbocycles.